The zero-order chi connectivity index (χ0) is 21.7. The number of primary amides is 1. The van der Waals surface area contributed by atoms with Gasteiger partial charge in [-0.2, -0.15) is 0 Å². The van der Waals surface area contributed by atoms with Crippen LogP contribution in [0.4, 0.5) is 0 Å². The SMILES string of the molecule is CC(C(=O)N[C@@H](Cc1cc(Cl)ccc1Br)C(N)=O)(c1ccccc1)c1ccccc1. The lowest BCUT2D eigenvalue weighted by Crippen LogP contribution is -2.52. The summed E-state index contributed by atoms with van der Waals surface area (Å²) in [5.41, 5.74) is 7.07. The molecule has 1 atom stereocenters. The summed E-state index contributed by atoms with van der Waals surface area (Å²) in [6, 6.07) is 23.4. The van der Waals surface area contributed by atoms with Gasteiger partial charge in [-0.15, -0.1) is 0 Å². The van der Waals surface area contributed by atoms with Crippen LogP contribution in [0.2, 0.25) is 5.02 Å². The molecule has 0 aromatic heterocycles. The predicted octanol–water partition coefficient (Wildman–Crippen LogP) is 4.62. The predicted molar refractivity (Wildman–Crippen MR) is 123 cm³/mol. The fourth-order valence-electron chi connectivity index (χ4n) is 3.42. The molecule has 30 heavy (non-hydrogen) atoms. The topological polar surface area (TPSA) is 72.2 Å². The molecule has 0 aliphatic rings. The van der Waals surface area contributed by atoms with Gasteiger partial charge in [0.05, 0.1) is 5.41 Å². The summed E-state index contributed by atoms with van der Waals surface area (Å²) < 4.78 is 0.793. The molecule has 0 aliphatic carbocycles. The van der Waals surface area contributed by atoms with Gasteiger partial charge in [-0.1, -0.05) is 88.2 Å². The van der Waals surface area contributed by atoms with Crippen molar-refractivity contribution in [1.29, 1.82) is 0 Å². The molecule has 0 spiro atoms. The number of carbonyl (C=O) groups excluding carboxylic acids is 2. The maximum Gasteiger partial charge on any atom is 0.240 e. The quantitative estimate of drug-likeness (QED) is 0.512. The van der Waals surface area contributed by atoms with Gasteiger partial charge >= 0.3 is 0 Å². The van der Waals surface area contributed by atoms with Gasteiger partial charge in [0.15, 0.2) is 0 Å². The Bertz CT molecular complexity index is 1000. The van der Waals surface area contributed by atoms with Crippen molar-refractivity contribution < 1.29 is 9.59 Å². The number of rotatable bonds is 7. The molecule has 0 bridgehead atoms. The third-order valence-electron chi connectivity index (χ3n) is 5.24. The van der Waals surface area contributed by atoms with Gasteiger partial charge in [0.25, 0.3) is 0 Å². The molecule has 3 N–H and O–H groups in total. The number of halogens is 2. The van der Waals surface area contributed by atoms with Gasteiger partial charge in [-0.3, -0.25) is 9.59 Å². The summed E-state index contributed by atoms with van der Waals surface area (Å²) in [5.74, 6) is -0.916. The fourth-order valence-corrected chi connectivity index (χ4v) is 4.02. The Hall–Kier alpha value is -2.63. The smallest absolute Gasteiger partial charge is 0.240 e. The second kappa shape index (κ2) is 9.45. The maximum atomic E-state index is 13.6. The van der Waals surface area contributed by atoms with E-state index in [4.69, 9.17) is 17.3 Å². The fraction of sp³-hybridized carbons (Fsp3) is 0.167. The molecule has 3 aromatic rings. The molecule has 0 heterocycles. The van der Waals surface area contributed by atoms with Crippen LogP contribution in [0.5, 0.6) is 0 Å². The van der Waals surface area contributed by atoms with Gasteiger partial charge in [-0.25, -0.2) is 0 Å². The standard InChI is InChI=1S/C24H22BrClN2O2/c1-24(17-8-4-2-5-9-17,18-10-6-3-7-11-18)23(30)28-21(22(27)29)15-16-14-19(26)12-13-20(16)25/h2-14,21H,15H2,1H3,(H2,27,29)(H,28,30)/t21-/m0/s1. The lowest BCUT2D eigenvalue weighted by Gasteiger charge is -2.31. The number of hydrogen-bond acceptors (Lipinski definition) is 2. The van der Waals surface area contributed by atoms with Crippen molar-refractivity contribution in [2.75, 3.05) is 0 Å². The van der Waals surface area contributed by atoms with E-state index in [0.29, 0.717) is 5.02 Å². The summed E-state index contributed by atoms with van der Waals surface area (Å²) in [7, 11) is 0. The summed E-state index contributed by atoms with van der Waals surface area (Å²) in [5, 5.41) is 3.41. The van der Waals surface area contributed by atoms with Crippen LogP contribution in [0.3, 0.4) is 0 Å². The van der Waals surface area contributed by atoms with Crippen LogP contribution in [-0.4, -0.2) is 17.9 Å². The molecule has 2 amide bonds. The number of hydrogen-bond donors (Lipinski definition) is 2. The van der Waals surface area contributed by atoms with Gasteiger partial charge in [0, 0.05) is 15.9 Å². The summed E-state index contributed by atoms with van der Waals surface area (Å²) in [6.45, 7) is 1.85. The van der Waals surface area contributed by atoms with Crippen molar-refractivity contribution >= 4 is 39.3 Å². The summed E-state index contributed by atoms with van der Waals surface area (Å²) >= 11 is 9.56. The molecule has 0 fully saturated rings. The molecule has 3 aromatic carbocycles. The van der Waals surface area contributed by atoms with Crippen LogP contribution in [-0.2, 0) is 21.4 Å². The molecule has 0 unspecified atom stereocenters. The third-order valence-corrected chi connectivity index (χ3v) is 6.25. The lowest BCUT2D eigenvalue weighted by atomic mass is 9.75. The second-order valence-electron chi connectivity index (χ2n) is 7.23. The van der Waals surface area contributed by atoms with E-state index in [1.54, 1.807) is 18.2 Å². The summed E-state index contributed by atoms with van der Waals surface area (Å²) in [6.07, 6.45) is 0.224. The zero-order valence-corrected chi connectivity index (χ0v) is 18.8. The number of carbonyl (C=O) groups is 2. The lowest BCUT2D eigenvalue weighted by molar-refractivity contribution is -0.129. The van der Waals surface area contributed by atoms with E-state index in [0.717, 1.165) is 21.2 Å². The van der Waals surface area contributed by atoms with E-state index in [9.17, 15) is 9.59 Å². The van der Waals surface area contributed by atoms with E-state index >= 15 is 0 Å². The van der Waals surface area contributed by atoms with E-state index in [1.165, 1.54) is 0 Å². The highest BCUT2D eigenvalue weighted by atomic mass is 79.9. The monoisotopic (exact) mass is 484 g/mol. The number of benzene rings is 3. The Labute approximate surface area is 189 Å². The average Bonchev–Trinajstić information content (AvgIpc) is 2.76. The molecule has 0 radical (unpaired) electrons. The summed E-state index contributed by atoms with van der Waals surface area (Å²) in [4.78, 5) is 25.8. The van der Waals surface area contributed by atoms with Crippen LogP contribution in [0.15, 0.2) is 83.3 Å². The first kappa shape index (κ1) is 22.1. The van der Waals surface area contributed by atoms with Crippen LogP contribution in [0.25, 0.3) is 0 Å². The van der Waals surface area contributed by atoms with E-state index in [1.807, 2.05) is 67.6 Å². The molecular weight excluding hydrogens is 464 g/mol. The highest BCUT2D eigenvalue weighted by molar-refractivity contribution is 9.10. The van der Waals surface area contributed by atoms with Gasteiger partial charge in [-0.05, 0) is 41.8 Å². The second-order valence-corrected chi connectivity index (χ2v) is 8.52. The number of amides is 2. The molecule has 3 rings (SSSR count). The van der Waals surface area contributed by atoms with Crippen molar-refractivity contribution in [2.45, 2.75) is 24.8 Å². The molecule has 0 saturated carbocycles. The molecule has 0 saturated heterocycles. The Morgan fingerprint density at radius 2 is 1.53 bits per heavy atom. The molecular formula is C24H22BrClN2O2. The van der Waals surface area contributed by atoms with Crippen molar-refractivity contribution in [2.24, 2.45) is 5.73 Å². The Morgan fingerprint density at radius 3 is 2.03 bits per heavy atom. The molecule has 0 aliphatic heterocycles. The first-order chi connectivity index (χ1) is 14.3. The van der Waals surface area contributed by atoms with E-state index in [2.05, 4.69) is 21.2 Å². The maximum absolute atomic E-state index is 13.6. The van der Waals surface area contributed by atoms with Gasteiger partial charge in [0.1, 0.15) is 6.04 Å². The largest absolute Gasteiger partial charge is 0.368 e. The highest BCUT2D eigenvalue weighted by Crippen LogP contribution is 2.32. The minimum Gasteiger partial charge on any atom is -0.368 e. The highest BCUT2D eigenvalue weighted by Gasteiger charge is 2.38. The number of nitrogens with two attached hydrogens (primary N) is 1. The molecule has 4 nitrogen and oxygen atoms in total. The first-order valence-corrected chi connectivity index (χ1v) is 10.6. The Kier molecular flexibility index (Phi) is 6.95. The van der Waals surface area contributed by atoms with Crippen LogP contribution in [0.1, 0.15) is 23.6 Å². The molecule has 154 valence electrons. The first-order valence-electron chi connectivity index (χ1n) is 9.47. The van der Waals surface area contributed by atoms with Crippen molar-refractivity contribution in [3.63, 3.8) is 0 Å². The minimum absolute atomic E-state index is 0.224. The van der Waals surface area contributed by atoms with Crippen molar-refractivity contribution in [3.8, 4) is 0 Å². The van der Waals surface area contributed by atoms with Crippen LogP contribution >= 0.6 is 27.5 Å². The van der Waals surface area contributed by atoms with Crippen molar-refractivity contribution in [3.05, 3.63) is 105 Å². The van der Waals surface area contributed by atoms with Crippen LogP contribution < -0.4 is 11.1 Å². The zero-order valence-electron chi connectivity index (χ0n) is 16.4. The minimum atomic E-state index is -0.998. The normalized spacial score (nSPS) is 12.2. The van der Waals surface area contributed by atoms with Gasteiger partial charge < -0.3 is 11.1 Å². The average molecular weight is 486 g/mol. The van der Waals surface area contributed by atoms with Gasteiger partial charge in [0.2, 0.25) is 11.8 Å². The Morgan fingerprint density at radius 1 is 1.00 bits per heavy atom. The van der Waals surface area contributed by atoms with Crippen molar-refractivity contribution in [1.82, 2.24) is 5.32 Å². The van der Waals surface area contributed by atoms with Crippen LogP contribution in [0, 0.1) is 0 Å². The van der Waals surface area contributed by atoms with E-state index < -0.39 is 17.4 Å². The molecule has 6 heteroatoms. The third kappa shape index (κ3) is 4.74. The van der Waals surface area contributed by atoms with E-state index in [-0.39, 0.29) is 12.3 Å². The Balaban J connectivity index is 1.96. The number of nitrogens with one attached hydrogen (secondary N) is 1.